The number of fused-ring (bicyclic) bond motifs is 2. The molecule has 0 fully saturated rings. The van der Waals surface area contributed by atoms with E-state index >= 15 is 0 Å². The molecular weight excluding hydrogens is 707 g/mol. The normalized spacial score (nSPS) is 18.9. The van der Waals surface area contributed by atoms with Gasteiger partial charge < -0.3 is 9.80 Å². The van der Waals surface area contributed by atoms with Crippen molar-refractivity contribution in [3.05, 3.63) is 236 Å². The van der Waals surface area contributed by atoms with Crippen molar-refractivity contribution in [3.8, 4) is 22.8 Å². The zero-order chi connectivity index (χ0) is 39.3. The number of hydrogen-bond acceptors (Lipinski definition) is 5. The Morgan fingerprint density at radius 1 is 0.569 bits per heavy atom. The molecule has 0 radical (unpaired) electrons. The Labute approximate surface area is 341 Å². The van der Waals surface area contributed by atoms with Crippen LogP contribution in [-0.2, 0) is 6.42 Å². The summed E-state index contributed by atoms with van der Waals surface area (Å²) in [5.74, 6) is 2.20. The lowest BCUT2D eigenvalue weighted by Crippen LogP contribution is -2.18. The van der Waals surface area contributed by atoms with E-state index in [1.165, 1.54) is 5.56 Å². The number of hydrogen-bond donors (Lipinski definition) is 0. The number of benzene rings is 5. The zero-order valence-electron chi connectivity index (χ0n) is 32.3. The van der Waals surface area contributed by atoms with E-state index in [-0.39, 0.29) is 5.92 Å². The number of nitrogens with zero attached hydrogens (tertiary/aromatic N) is 5. The molecule has 5 heteroatoms. The molecule has 0 bridgehead atoms. The number of allylic oxidation sites excluding steroid dienone is 12. The lowest BCUT2D eigenvalue weighted by atomic mass is 9.95. The highest BCUT2D eigenvalue weighted by Gasteiger charge is 2.21. The predicted octanol–water partition coefficient (Wildman–Crippen LogP) is 12.9. The van der Waals surface area contributed by atoms with Crippen molar-refractivity contribution in [1.82, 2.24) is 15.0 Å². The molecule has 0 amide bonds. The molecule has 3 heterocycles. The van der Waals surface area contributed by atoms with Crippen LogP contribution in [0.1, 0.15) is 34.9 Å². The van der Waals surface area contributed by atoms with E-state index in [1.54, 1.807) is 0 Å². The Morgan fingerprint density at radius 3 is 2.05 bits per heavy atom. The Bertz CT molecular complexity index is 2680. The molecule has 0 spiro atoms. The second-order valence-corrected chi connectivity index (χ2v) is 14.6. The average Bonchev–Trinajstić information content (AvgIpc) is 3.41. The van der Waals surface area contributed by atoms with Crippen LogP contribution >= 0.6 is 0 Å². The molecule has 5 nitrogen and oxygen atoms in total. The third-order valence-electron chi connectivity index (χ3n) is 10.8. The third-order valence-corrected chi connectivity index (χ3v) is 10.8. The van der Waals surface area contributed by atoms with Crippen molar-refractivity contribution in [2.45, 2.75) is 18.8 Å². The van der Waals surface area contributed by atoms with Crippen molar-refractivity contribution >= 4 is 33.9 Å². The molecule has 1 unspecified atom stereocenters. The number of rotatable bonds is 6. The number of para-hydroxylation sites is 2. The molecule has 6 aromatic rings. The summed E-state index contributed by atoms with van der Waals surface area (Å²) in [6.45, 7) is 9.87. The van der Waals surface area contributed by atoms with Crippen LogP contribution in [-0.4, -0.2) is 21.5 Å². The minimum atomic E-state index is 0.0976. The summed E-state index contributed by atoms with van der Waals surface area (Å²) >= 11 is 0. The van der Waals surface area contributed by atoms with E-state index < -0.39 is 0 Å². The summed E-state index contributed by atoms with van der Waals surface area (Å²) in [5, 5.41) is 0. The number of anilines is 4. The molecule has 5 aromatic carbocycles. The van der Waals surface area contributed by atoms with E-state index in [0.29, 0.717) is 11.6 Å². The summed E-state index contributed by atoms with van der Waals surface area (Å²) in [6, 6.07) is 44.5. The fourth-order valence-electron chi connectivity index (χ4n) is 7.72. The summed E-state index contributed by atoms with van der Waals surface area (Å²) in [6.07, 6.45) is 25.2. The molecule has 1 atom stereocenters. The van der Waals surface area contributed by atoms with Crippen molar-refractivity contribution in [1.29, 1.82) is 0 Å². The fourth-order valence-corrected chi connectivity index (χ4v) is 7.72. The lowest BCUT2D eigenvalue weighted by Gasteiger charge is -2.27. The van der Waals surface area contributed by atoms with Crippen molar-refractivity contribution in [2.75, 3.05) is 16.3 Å². The van der Waals surface area contributed by atoms with Crippen LogP contribution in [0.2, 0.25) is 0 Å². The highest BCUT2D eigenvalue weighted by Crippen LogP contribution is 2.39. The molecular formula is C53H43N5. The largest absolute Gasteiger partial charge is 0.337 e. The SMILES string of the molecule is C=C1/C=C\C=C/CN(c2ccccc2)c2ccc(C3=C/Cc4ccccc4N(c4ccc(-c5nc(-c6ccccc6)nc(C6C=CC=CC6)n5)cc4)C(=C)/C=C\3)cc21. The monoisotopic (exact) mass is 749 g/mol. The van der Waals surface area contributed by atoms with Gasteiger partial charge in [0.1, 0.15) is 5.82 Å². The van der Waals surface area contributed by atoms with Gasteiger partial charge in [-0.3, -0.25) is 0 Å². The van der Waals surface area contributed by atoms with Crippen LogP contribution in [0.15, 0.2) is 213 Å². The van der Waals surface area contributed by atoms with Gasteiger partial charge in [-0.2, -0.15) is 0 Å². The van der Waals surface area contributed by atoms with Gasteiger partial charge in [-0.25, -0.2) is 15.0 Å². The van der Waals surface area contributed by atoms with Gasteiger partial charge in [-0.15, -0.1) is 0 Å². The Morgan fingerprint density at radius 2 is 1.28 bits per heavy atom. The maximum atomic E-state index is 5.02. The molecule has 3 aliphatic rings. The molecule has 58 heavy (non-hydrogen) atoms. The Hall–Kier alpha value is -7.37. The van der Waals surface area contributed by atoms with E-state index in [9.17, 15) is 0 Å². The molecule has 0 saturated carbocycles. The highest BCUT2D eigenvalue weighted by molar-refractivity contribution is 5.88. The molecule has 280 valence electrons. The molecule has 1 aromatic heterocycles. The molecule has 2 aliphatic heterocycles. The van der Waals surface area contributed by atoms with Gasteiger partial charge in [-0.1, -0.05) is 147 Å². The first-order chi connectivity index (χ1) is 28.6. The van der Waals surface area contributed by atoms with Crippen LogP contribution in [0.5, 0.6) is 0 Å². The highest BCUT2D eigenvalue weighted by atomic mass is 15.1. The first-order valence-corrected chi connectivity index (χ1v) is 19.8. The molecule has 1 aliphatic carbocycles. The van der Waals surface area contributed by atoms with Gasteiger partial charge in [-0.05, 0) is 95.8 Å². The summed E-state index contributed by atoms with van der Waals surface area (Å²) in [7, 11) is 0. The second kappa shape index (κ2) is 16.4. The summed E-state index contributed by atoms with van der Waals surface area (Å²) in [5.41, 5.74) is 12.6. The van der Waals surface area contributed by atoms with E-state index in [0.717, 1.165) is 87.1 Å². The van der Waals surface area contributed by atoms with Gasteiger partial charge in [0.15, 0.2) is 11.6 Å². The van der Waals surface area contributed by atoms with Crippen LogP contribution in [0.4, 0.5) is 22.7 Å². The van der Waals surface area contributed by atoms with Crippen LogP contribution in [0, 0.1) is 0 Å². The smallest absolute Gasteiger partial charge is 0.163 e. The van der Waals surface area contributed by atoms with E-state index in [2.05, 4.69) is 187 Å². The Balaban J connectivity index is 1.05. The van der Waals surface area contributed by atoms with Gasteiger partial charge in [0.05, 0.1) is 0 Å². The third kappa shape index (κ3) is 7.58. The minimum Gasteiger partial charge on any atom is -0.337 e. The first kappa shape index (κ1) is 36.3. The maximum Gasteiger partial charge on any atom is 0.163 e. The quantitative estimate of drug-likeness (QED) is 0.170. The summed E-state index contributed by atoms with van der Waals surface area (Å²) in [4.78, 5) is 19.5. The van der Waals surface area contributed by atoms with Crippen LogP contribution in [0.3, 0.4) is 0 Å². The lowest BCUT2D eigenvalue weighted by molar-refractivity contribution is 0.764. The second-order valence-electron chi connectivity index (χ2n) is 14.6. The van der Waals surface area contributed by atoms with Crippen LogP contribution < -0.4 is 9.80 Å². The van der Waals surface area contributed by atoms with Gasteiger partial charge in [0.2, 0.25) is 0 Å². The molecule has 0 saturated heterocycles. The minimum absolute atomic E-state index is 0.0976. The topological polar surface area (TPSA) is 45.2 Å². The predicted molar refractivity (Wildman–Crippen MR) is 242 cm³/mol. The first-order valence-electron chi connectivity index (χ1n) is 19.8. The fraction of sp³-hybridized carbons (Fsp3) is 0.0755. The molecule has 9 rings (SSSR count). The average molecular weight is 750 g/mol. The van der Waals surface area contributed by atoms with Crippen molar-refractivity contribution in [2.24, 2.45) is 0 Å². The Kier molecular flexibility index (Phi) is 10.3. The van der Waals surface area contributed by atoms with Gasteiger partial charge in [0, 0.05) is 57.6 Å². The molecule has 0 N–H and O–H groups in total. The zero-order valence-corrected chi connectivity index (χ0v) is 32.3. The van der Waals surface area contributed by atoms with Crippen molar-refractivity contribution in [3.63, 3.8) is 0 Å². The maximum absolute atomic E-state index is 5.02. The number of aromatic nitrogens is 3. The standard InChI is InChI=1S/C53H43N5/c1-38-17-7-6-16-36-57(46-23-12-5-13-24-46)50-35-32-45(37-48(38)50)40-27-26-39(2)58(49-25-15-14-18-41(49)29-28-40)47-33-30-44(31-34-47)53-55-51(42-19-8-3-9-20-42)54-52(56-53)43-21-10-4-11-22-43/h3-21,23-28,30-35,37,43H,1-2,22,29,36H2/b16-6-,17-7-,27-26-,40-28+. The van der Waals surface area contributed by atoms with E-state index in [1.807, 2.05) is 30.3 Å². The summed E-state index contributed by atoms with van der Waals surface area (Å²) < 4.78 is 0. The van der Waals surface area contributed by atoms with Crippen molar-refractivity contribution < 1.29 is 0 Å². The van der Waals surface area contributed by atoms with Crippen LogP contribution in [0.25, 0.3) is 33.9 Å². The van der Waals surface area contributed by atoms with Gasteiger partial charge >= 0.3 is 0 Å². The van der Waals surface area contributed by atoms with Gasteiger partial charge in [0.25, 0.3) is 0 Å². The van der Waals surface area contributed by atoms with E-state index in [4.69, 9.17) is 15.0 Å².